The third-order valence-corrected chi connectivity index (χ3v) is 4.70. The summed E-state index contributed by atoms with van der Waals surface area (Å²) < 4.78 is 0. The van der Waals surface area contributed by atoms with Crippen LogP contribution in [0.15, 0.2) is 91.0 Å². The zero-order chi connectivity index (χ0) is 15.5. The molecule has 0 radical (unpaired) electrons. The highest BCUT2D eigenvalue weighted by molar-refractivity contribution is 5.51. The second-order valence-corrected chi connectivity index (χ2v) is 6.10. The SMILES string of the molecule is C(#C[C@H]1CC1(c1ccccc1)c1ccccc1)c1ccccc1. The van der Waals surface area contributed by atoms with E-state index in [1.165, 1.54) is 11.1 Å². The Morgan fingerprint density at radius 2 is 1.13 bits per heavy atom. The molecule has 0 heterocycles. The standard InChI is InChI=1S/C23H18/c1-4-10-19(11-5-1)16-17-22-18-23(22,20-12-6-2-7-13-20)21-14-8-3-9-15-21/h1-15,22H,18H2/t22-/m0/s1. The zero-order valence-electron chi connectivity index (χ0n) is 12.9. The fraction of sp³-hybridized carbons (Fsp3) is 0.130. The van der Waals surface area contributed by atoms with Crippen LogP contribution < -0.4 is 0 Å². The fourth-order valence-electron chi connectivity index (χ4n) is 3.41. The molecule has 23 heavy (non-hydrogen) atoms. The molecule has 1 saturated carbocycles. The Bertz CT molecular complexity index is 797. The van der Waals surface area contributed by atoms with Crippen LogP contribution in [0.3, 0.4) is 0 Å². The highest BCUT2D eigenvalue weighted by atomic mass is 14.6. The molecule has 0 amide bonds. The lowest BCUT2D eigenvalue weighted by molar-refractivity contribution is 0.801. The molecular formula is C23H18. The molecule has 4 rings (SSSR count). The predicted molar refractivity (Wildman–Crippen MR) is 95.1 cm³/mol. The average molecular weight is 294 g/mol. The summed E-state index contributed by atoms with van der Waals surface area (Å²) in [6.07, 6.45) is 1.10. The quantitative estimate of drug-likeness (QED) is 0.581. The summed E-state index contributed by atoms with van der Waals surface area (Å²) in [6.45, 7) is 0. The molecule has 1 aliphatic rings. The Morgan fingerprint density at radius 3 is 1.65 bits per heavy atom. The lowest BCUT2D eigenvalue weighted by Crippen LogP contribution is -2.11. The van der Waals surface area contributed by atoms with Gasteiger partial charge in [0.2, 0.25) is 0 Å². The topological polar surface area (TPSA) is 0 Å². The van der Waals surface area contributed by atoms with E-state index >= 15 is 0 Å². The van der Waals surface area contributed by atoms with E-state index < -0.39 is 0 Å². The Hall–Kier alpha value is -2.78. The first kappa shape index (κ1) is 13.9. The van der Waals surface area contributed by atoms with Crippen LogP contribution in [0.4, 0.5) is 0 Å². The summed E-state index contributed by atoms with van der Waals surface area (Å²) in [5, 5.41) is 0. The van der Waals surface area contributed by atoms with Gasteiger partial charge in [-0.25, -0.2) is 0 Å². The van der Waals surface area contributed by atoms with Crippen molar-refractivity contribution in [2.24, 2.45) is 5.92 Å². The van der Waals surface area contributed by atoms with Crippen LogP contribution in [0.5, 0.6) is 0 Å². The molecule has 0 saturated heterocycles. The minimum atomic E-state index is 0.0598. The fourth-order valence-corrected chi connectivity index (χ4v) is 3.41. The number of benzene rings is 3. The molecule has 110 valence electrons. The summed E-state index contributed by atoms with van der Waals surface area (Å²) in [4.78, 5) is 0. The predicted octanol–water partition coefficient (Wildman–Crippen LogP) is 5.04. The second kappa shape index (κ2) is 5.78. The van der Waals surface area contributed by atoms with Crippen LogP contribution in [0, 0.1) is 17.8 Å². The van der Waals surface area contributed by atoms with E-state index in [1.54, 1.807) is 0 Å². The maximum absolute atomic E-state index is 3.51. The van der Waals surface area contributed by atoms with Gasteiger partial charge in [-0.05, 0) is 29.7 Å². The van der Waals surface area contributed by atoms with Crippen molar-refractivity contribution in [3.8, 4) is 11.8 Å². The van der Waals surface area contributed by atoms with Gasteiger partial charge < -0.3 is 0 Å². The summed E-state index contributed by atoms with van der Waals surface area (Å²) in [6, 6.07) is 31.8. The van der Waals surface area contributed by atoms with Gasteiger partial charge in [-0.2, -0.15) is 0 Å². The van der Waals surface area contributed by atoms with Gasteiger partial charge in [0.15, 0.2) is 0 Å². The average Bonchev–Trinajstić information content (AvgIpc) is 3.38. The van der Waals surface area contributed by atoms with Gasteiger partial charge in [-0.15, -0.1) is 0 Å². The number of hydrogen-bond acceptors (Lipinski definition) is 0. The van der Waals surface area contributed by atoms with Crippen molar-refractivity contribution in [3.05, 3.63) is 108 Å². The molecule has 0 aliphatic heterocycles. The first-order valence-electron chi connectivity index (χ1n) is 8.07. The van der Waals surface area contributed by atoms with Crippen LogP contribution in [0.1, 0.15) is 23.1 Å². The molecule has 0 spiro atoms. The Kier molecular flexibility index (Phi) is 3.48. The van der Waals surface area contributed by atoms with Crippen molar-refractivity contribution in [2.45, 2.75) is 11.8 Å². The van der Waals surface area contributed by atoms with Gasteiger partial charge >= 0.3 is 0 Å². The minimum absolute atomic E-state index is 0.0598. The molecule has 3 aromatic carbocycles. The zero-order valence-corrected chi connectivity index (χ0v) is 12.9. The van der Waals surface area contributed by atoms with Gasteiger partial charge in [0.25, 0.3) is 0 Å². The van der Waals surface area contributed by atoms with Crippen molar-refractivity contribution in [1.82, 2.24) is 0 Å². The summed E-state index contributed by atoms with van der Waals surface area (Å²) in [5.74, 6) is 7.24. The third kappa shape index (κ3) is 2.56. The van der Waals surface area contributed by atoms with Crippen LogP contribution in [0.25, 0.3) is 0 Å². The highest BCUT2D eigenvalue weighted by Gasteiger charge is 2.55. The molecule has 0 heteroatoms. The normalized spacial score (nSPS) is 17.8. The summed E-state index contributed by atoms with van der Waals surface area (Å²) >= 11 is 0. The van der Waals surface area contributed by atoms with Gasteiger partial charge in [0.05, 0.1) is 0 Å². The maximum Gasteiger partial charge on any atom is 0.0356 e. The van der Waals surface area contributed by atoms with Gasteiger partial charge in [-0.1, -0.05) is 90.7 Å². The number of hydrogen-bond donors (Lipinski definition) is 0. The van der Waals surface area contributed by atoms with Gasteiger partial charge in [0, 0.05) is 16.9 Å². The van der Waals surface area contributed by atoms with Crippen LogP contribution in [-0.2, 0) is 5.41 Å². The second-order valence-electron chi connectivity index (χ2n) is 6.10. The lowest BCUT2D eigenvalue weighted by atomic mass is 9.86. The van der Waals surface area contributed by atoms with E-state index in [1.807, 2.05) is 18.2 Å². The van der Waals surface area contributed by atoms with Crippen LogP contribution in [-0.4, -0.2) is 0 Å². The summed E-state index contributed by atoms with van der Waals surface area (Å²) in [7, 11) is 0. The first-order valence-corrected chi connectivity index (χ1v) is 8.07. The van der Waals surface area contributed by atoms with E-state index in [0.29, 0.717) is 5.92 Å². The Balaban J connectivity index is 1.72. The van der Waals surface area contributed by atoms with Gasteiger partial charge in [-0.3, -0.25) is 0 Å². The molecule has 3 aromatic rings. The van der Waals surface area contributed by atoms with Crippen molar-refractivity contribution in [1.29, 1.82) is 0 Å². The largest absolute Gasteiger partial charge is 0.0931 e. The smallest absolute Gasteiger partial charge is 0.0356 e. The van der Waals surface area contributed by atoms with Crippen molar-refractivity contribution in [2.75, 3.05) is 0 Å². The van der Waals surface area contributed by atoms with Crippen LogP contribution >= 0.6 is 0 Å². The van der Waals surface area contributed by atoms with E-state index in [4.69, 9.17) is 0 Å². The molecule has 0 bridgehead atoms. The van der Waals surface area contributed by atoms with Crippen molar-refractivity contribution in [3.63, 3.8) is 0 Å². The lowest BCUT2D eigenvalue weighted by Gasteiger charge is -2.17. The molecule has 1 atom stereocenters. The summed E-state index contributed by atoms with van der Waals surface area (Å²) in [5.41, 5.74) is 3.90. The molecule has 1 aliphatic carbocycles. The van der Waals surface area contributed by atoms with E-state index in [2.05, 4.69) is 84.6 Å². The highest BCUT2D eigenvalue weighted by Crippen LogP contribution is 2.58. The van der Waals surface area contributed by atoms with Crippen LogP contribution in [0.2, 0.25) is 0 Å². The molecular weight excluding hydrogens is 276 g/mol. The van der Waals surface area contributed by atoms with E-state index in [0.717, 1.165) is 12.0 Å². The first-order chi connectivity index (χ1) is 11.4. The molecule has 0 unspecified atom stereocenters. The Morgan fingerprint density at radius 1 is 0.652 bits per heavy atom. The van der Waals surface area contributed by atoms with Crippen molar-refractivity contribution < 1.29 is 0 Å². The monoisotopic (exact) mass is 294 g/mol. The molecule has 0 aromatic heterocycles. The van der Waals surface area contributed by atoms with Gasteiger partial charge in [0.1, 0.15) is 0 Å². The molecule has 1 fully saturated rings. The van der Waals surface area contributed by atoms with E-state index in [9.17, 15) is 0 Å². The van der Waals surface area contributed by atoms with Crippen molar-refractivity contribution >= 4 is 0 Å². The molecule has 0 N–H and O–H groups in total. The third-order valence-electron chi connectivity index (χ3n) is 4.70. The number of rotatable bonds is 2. The Labute approximate surface area is 137 Å². The molecule has 0 nitrogen and oxygen atoms in total. The minimum Gasteiger partial charge on any atom is -0.0931 e. The maximum atomic E-state index is 3.51. The van der Waals surface area contributed by atoms with E-state index in [-0.39, 0.29) is 5.41 Å².